The molecule has 1 saturated heterocycles. The van der Waals surface area contributed by atoms with Crippen LogP contribution in [0.2, 0.25) is 0 Å². The van der Waals surface area contributed by atoms with Crippen LogP contribution < -0.4 is 9.88 Å². The molecule has 1 aromatic heterocycles. The van der Waals surface area contributed by atoms with E-state index in [0.29, 0.717) is 11.5 Å². The highest BCUT2D eigenvalue weighted by molar-refractivity contribution is 9.10. The number of piperidine rings is 1. The van der Waals surface area contributed by atoms with Crippen LogP contribution in [0.5, 0.6) is 0 Å². The van der Waals surface area contributed by atoms with Gasteiger partial charge in [0.05, 0.1) is 10.2 Å². The third-order valence-corrected chi connectivity index (χ3v) is 6.38. The zero-order chi connectivity index (χ0) is 18.7. The second kappa shape index (κ2) is 8.35. The molecule has 1 aliphatic heterocycles. The van der Waals surface area contributed by atoms with Crippen LogP contribution >= 0.6 is 27.3 Å². The van der Waals surface area contributed by atoms with Crippen LogP contribution in [0.3, 0.4) is 0 Å². The number of nitrogens with zero attached hydrogens (tertiary/aromatic N) is 3. The summed E-state index contributed by atoms with van der Waals surface area (Å²) in [7, 11) is 2.11. The fraction of sp³-hybridized carbons (Fsp3) is 0.421. The van der Waals surface area contributed by atoms with Crippen molar-refractivity contribution in [1.29, 1.82) is 0 Å². The molecule has 26 heavy (non-hydrogen) atoms. The summed E-state index contributed by atoms with van der Waals surface area (Å²) in [5, 5.41) is 2.11. The summed E-state index contributed by atoms with van der Waals surface area (Å²) in [5.41, 5.74) is 1.50. The average molecular weight is 436 g/mol. The summed E-state index contributed by atoms with van der Waals surface area (Å²) in [6.45, 7) is 7.38. The lowest BCUT2D eigenvalue weighted by Gasteiger charge is -2.35. The molecule has 5 nitrogen and oxygen atoms in total. The Morgan fingerprint density at radius 3 is 2.81 bits per heavy atom. The topological polar surface area (TPSA) is 45.5 Å². The summed E-state index contributed by atoms with van der Waals surface area (Å²) in [6, 6.07) is 3.79. The third kappa shape index (κ3) is 3.86. The van der Waals surface area contributed by atoms with E-state index in [2.05, 4.69) is 39.5 Å². The van der Waals surface area contributed by atoms with E-state index in [4.69, 9.17) is 0 Å². The summed E-state index contributed by atoms with van der Waals surface area (Å²) in [6.07, 6.45) is 5.40. The van der Waals surface area contributed by atoms with E-state index in [1.54, 1.807) is 4.68 Å². The Bertz CT molecular complexity index is 905. The van der Waals surface area contributed by atoms with E-state index in [1.807, 2.05) is 24.2 Å². The maximum absolute atomic E-state index is 12.6. The second-order valence-electron chi connectivity index (χ2n) is 6.66. The van der Waals surface area contributed by atoms with E-state index in [1.165, 1.54) is 17.4 Å². The minimum Gasteiger partial charge on any atom is -0.309 e. The number of likely N-dealkylation sites (N-methyl/N-ethyl adjacent to an activating group) is 1. The van der Waals surface area contributed by atoms with Gasteiger partial charge in [-0.05, 0) is 37.9 Å². The van der Waals surface area contributed by atoms with Crippen molar-refractivity contribution in [3.05, 3.63) is 44.5 Å². The summed E-state index contributed by atoms with van der Waals surface area (Å²) in [4.78, 5) is 25.9. The predicted octanol–water partition coefficient (Wildman–Crippen LogP) is 3.14. The van der Waals surface area contributed by atoms with E-state index >= 15 is 0 Å². The molecular weight excluding hydrogens is 414 g/mol. The van der Waals surface area contributed by atoms with Crippen LogP contribution in [0.25, 0.3) is 16.3 Å². The lowest BCUT2D eigenvalue weighted by atomic mass is 9.97. The standard InChI is InChI=1S/C19H22BrN3O2S/c1-3-9-21(2)13-14-6-10-22(11-7-14)23-18-15(8-12-24)16(20)4-5-17(18)26-19(23)25/h3-5,8,14H,1,6-7,9-11,13H2,2H3. The minimum atomic E-state index is -0.0131. The molecule has 0 amide bonds. The number of fused-ring (bicyclic) bond motifs is 1. The molecular formula is C19H22BrN3O2S. The SMILES string of the molecule is C=CCN(C)CC1CCN(n2c(=O)sc3ccc(Br)c(C=C=O)c32)CC1. The fourth-order valence-corrected chi connectivity index (χ4v) is 4.93. The van der Waals surface area contributed by atoms with Crippen LogP contribution in [0.15, 0.2) is 34.1 Å². The van der Waals surface area contributed by atoms with Crippen molar-refractivity contribution in [3.8, 4) is 0 Å². The van der Waals surface area contributed by atoms with Crippen molar-refractivity contribution in [2.75, 3.05) is 38.2 Å². The number of carbonyl (C=O) groups excluding carboxylic acids is 1. The number of aromatic nitrogens is 1. The van der Waals surface area contributed by atoms with Crippen LogP contribution in [0.4, 0.5) is 0 Å². The molecule has 0 aliphatic carbocycles. The van der Waals surface area contributed by atoms with Crippen LogP contribution in [-0.4, -0.2) is 48.7 Å². The maximum atomic E-state index is 12.6. The zero-order valence-electron chi connectivity index (χ0n) is 14.8. The van der Waals surface area contributed by atoms with Crippen LogP contribution in [0.1, 0.15) is 18.4 Å². The molecule has 2 heterocycles. The lowest BCUT2D eigenvalue weighted by Crippen LogP contribution is -2.47. The molecule has 0 N–H and O–H groups in total. The number of halogens is 1. The zero-order valence-corrected chi connectivity index (χ0v) is 17.2. The molecule has 0 saturated carbocycles. The van der Waals surface area contributed by atoms with Crippen molar-refractivity contribution in [1.82, 2.24) is 9.58 Å². The second-order valence-corrected chi connectivity index (χ2v) is 8.50. The fourth-order valence-electron chi connectivity index (χ4n) is 3.58. The van der Waals surface area contributed by atoms with Gasteiger partial charge in [-0.25, -0.2) is 9.47 Å². The third-order valence-electron chi connectivity index (χ3n) is 4.80. The number of hydrogen-bond donors (Lipinski definition) is 0. The molecule has 1 aliphatic rings. The molecule has 0 spiro atoms. The van der Waals surface area contributed by atoms with Gasteiger partial charge in [0, 0.05) is 42.3 Å². The van der Waals surface area contributed by atoms with E-state index in [0.717, 1.165) is 53.7 Å². The molecule has 1 fully saturated rings. The van der Waals surface area contributed by atoms with E-state index < -0.39 is 0 Å². The van der Waals surface area contributed by atoms with E-state index in [-0.39, 0.29) is 4.87 Å². The highest BCUT2D eigenvalue weighted by Crippen LogP contribution is 2.30. The highest BCUT2D eigenvalue weighted by atomic mass is 79.9. The first kappa shape index (κ1) is 19.1. The molecule has 2 aromatic rings. The van der Waals surface area contributed by atoms with E-state index in [9.17, 15) is 9.59 Å². The van der Waals surface area contributed by atoms with Crippen molar-refractivity contribution in [2.45, 2.75) is 12.8 Å². The first-order chi connectivity index (χ1) is 12.5. The van der Waals surface area contributed by atoms with Crippen molar-refractivity contribution < 1.29 is 4.79 Å². The first-order valence-electron chi connectivity index (χ1n) is 8.64. The number of thiazole rings is 1. The number of rotatable bonds is 6. The van der Waals surface area contributed by atoms with Gasteiger partial charge >= 0.3 is 4.87 Å². The van der Waals surface area contributed by atoms with Gasteiger partial charge in [-0.2, -0.15) is 0 Å². The minimum absolute atomic E-state index is 0.0131. The largest absolute Gasteiger partial charge is 0.326 e. The lowest BCUT2D eigenvalue weighted by molar-refractivity contribution is 0.256. The molecule has 7 heteroatoms. The Morgan fingerprint density at radius 1 is 1.42 bits per heavy atom. The van der Waals surface area contributed by atoms with Crippen molar-refractivity contribution in [2.24, 2.45) is 5.92 Å². The Labute approximate surface area is 165 Å². The summed E-state index contributed by atoms with van der Waals surface area (Å²) >= 11 is 4.70. The normalized spacial score (nSPS) is 15.4. The van der Waals surface area contributed by atoms with Gasteiger partial charge in [0.15, 0.2) is 0 Å². The quantitative estimate of drug-likeness (QED) is 0.516. The predicted molar refractivity (Wildman–Crippen MR) is 112 cm³/mol. The monoisotopic (exact) mass is 435 g/mol. The average Bonchev–Trinajstić information content (AvgIpc) is 2.95. The van der Waals surface area contributed by atoms with Crippen molar-refractivity contribution >= 4 is 49.5 Å². The molecule has 138 valence electrons. The number of benzene rings is 1. The van der Waals surface area contributed by atoms with Crippen molar-refractivity contribution in [3.63, 3.8) is 0 Å². The Hall–Kier alpha value is -1.66. The Kier molecular flexibility index (Phi) is 6.14. The Balaban J connectivity index is 1.87. The molecule has 0 bridgehead atoms. The molecule has 0 unspecified atom stereocenters. The summed E-state index contributed by atoms with van der Waals surface area (Å²) in [5.74, 6) is 2.47. The van der Waals surface area contributed by atoms with Gasteiger partial charge in [-0.3, -0.25) is 4.79 Å². The van der Waals surface area contributed by atoms with Gasteiger partial charge in [0.1, 0.15) is 5.94 Å². The number of hydrogen-bond acceptors (Lipinski definition) is 5. The van der Waals surface area contributed by atoms with Gasteiger partial charge in [-0.1, -0.05) is 33.3 Å². The van der Waals surface area contributed by atoms with Gasteiger partial charge in [0.25, 0.3) is 0 Å². The smallest absolute Gasteiger partial charge is 0.309 e. The van der Waals surface area contributed by atoms with Gasteiger partial charge in [0.2, 0.25) is 0 Å². The molecule has 1 aromatic carbocycles. The molecule has 0 radical (unpaired) electrons. The first-order valence-corrected chi connectivity index (χ1v) is 10.3. The van der Waals surface area contributed by atoms with Gasteiger partial charge < -0.3 is 9.91 Å². The molecule has 0 atom stereocenters. The molecule has 3 rings (SSSR count). The van der Waals surface area contributed by atoms with Crippen LogP contribution in [-0.2, 0) is 4.79 Å². The Morgan fingerprint density at radius 2 is 2.15 bits per heavy atom. The summed E-state index contributed by atoms with van der Waals surface area (Å²) < 4.78 is 3.42. The van der Waals surface area contributed by atoms with Crippen LogP contribution in [0, 0.1) is 5.92 Å². The highest BCUT2D eigenvalue weighted by Gasteiger charge is 2.24. The maximum Gasteiger partial charge on any atom is 0.326 e. The van der Waals surface area contributed by atoms with Gasteiger partial charge in [-0.15, -0.1) is 6.58 Å².